The van der Waals surface area contributed by atoms with Crippen molar-refractivity contribution in [1.82, 2.24) is 16.0 Å². The first-order valence-corrected chi connectivity index (χ1v) is 18.2. The van der Waals surface area contributed by atoms with Crippen LogP contribution in [-0.2, 0) is 73.3 Å². The molecule has 1 saturated carbocycles. The normalized spacial score (nSPS) is 16.6. The Balaban J connectivity index is 0.00000137. The van der Waals surface area contributed by atoms with Gasteiger partial charge in [0.25, 0.3) is 0 Å². The van der Waals surface area contributed by atoms with Crippen LogP contribution in [0, 0.1) is 30.1 Å². The van der Waals surface area contributed by atoms with Gasteiger partial charge in [-0.15, -0.1) is 11.7 Å². The number of nitrogens with two attached hydrogens (primary N) is 2. The second kappa shape index (κ2) is 28.4. The number of unbranched alkanes of at least 4 members (excludes halogenated alkanes) is 1. The Labute approximate surface area is 325 Å². The van der Waals surface area contributed by atoms with Gasteiger partial charge in [0.05, 0.1) is 58.7 Å². The number of rotatable bonds is 26. The van der Waals surface area contributed by atoms with Crippen LogP contribution in [0.1, 0.15) is 71.4 Å². The Morgan fingerprint density at radius 1 is 0.898 bits per heavy atom. The number of benzene rings is 1. The Hall–Kier alpha value is -1.25. The monoisotopic (exact) mass is 782 g/mol. The second-order valence-corrected chi connectivity index (χ2v) is 13.3. The summed E-state index contributed by atoms with van der Waals surface area (Å²) < 4.78 is 21.7. The maximum absolute atomic E-state index is 11.9. The standard InChI is InChI=1S/C26H45N3O6.C10H18N2S.Y/c1-4-5-6-24(30)28-12-14-33-16-18-35-20-19-34-17-15-32-13-11-25(31)29-21-22-7-9-23(10-8-22)26(2,3)27;1-6-7(2)10(6)9(5-13-4)12-8(3)11;/h7-10H,4-6,11-21,27H2,1-3H3,(H,28,30)(H,29,31);6-7,10,12H,3-5,11H2,1-2H3;/q;-2;. The first kappa shape index (κ1) is 47.8. The molecule has 0 aliphatic heterocycles. The van der Waals surface area contributed by atoms with E-state index in [0.717, 1.165) is 41.6 Å². The van der Waals surface area contributed by atoms with Crippen molar-refractivity contribution in [2.24, 2.45) is 29.2 Å². The maximum Gasteiger partial charge on any atom is 0.222 e. The molecule has 1 radical (unpaired) electrons. The fourth-order valence-electron chi connectivity index (χ4n) is 4.79. The van der Waals surface area contributed by atoms with Crippen LogP contribution < -0.4 is 27.4 Å². The molecule has 2 amide bonds. The van der Waals surface area contributed by atoms with Gasteiger partial charge in [-0.05, 0) is 31.4 Å². The quantitative estimate of drug-likeness (QED) is 0.0681. The summed E-state index contributed by atoms with van der Waals surface area (Å²) in [6, 6.07) is 9.22. The predicted octanol–water partition coefficient (Wildman–Crippen LogP) is 4.22. The minimum Gasteiger partial charge on any atom is -0.519 e. The molecule has 1 aromatic rings. The van der Waals surface area contributed by atoms with Gasteiger partial charge in [0.1, 0.15) is 0 Å². The number of hydrogen-bond donors (Lipinski definition) is 5. The molecule has 279 valence electrons. The van der Waals surface area contributed by atoms with E-state index in [-0.39, 0.29) is 50.1 Å². The number of amides is 2. The van der Waals surface area contributed by atoms with E-state index in [9.17, 15) is 9.59 Å². The van der Waals surface area contributed by atoms with Crippen molar-refractivity contribution < 1.29 is 61.2 Å². The number of thioether (sulfide) groups is 1. The summed E-state index contributed by atoms with van der Waals surface area (Å²) in [4.78, 5) is 23.4. The molecule has 49 heavy (non-hydrogen) atoms. The van der Waals surface area contributed by atoms with Crippen molar-refractivity contribution in [2.75, 3.05) is 65.2 Å². The average molecular weight is 783 g/mol. The minimum atomic E-state index is -0.375. The molecule has 0 spiro atoms. The molecule has 0 aromatic heterocycles. The first-order chi connectivity index (χ1) is 22.9. The maximum atomic E-state index is 11.9. The Bertz CT molecular complexity index is 1020. The number of carbonyl (C=O) groups excluding carboxylic acids is 2. The topological polar surface area (TPSA) is 159 Å². The molecule has 13 heteroatoms. The van der Waals surface area contributed by atoms with E-state index >= 15 is 0 Å². The summed E-state index contributed by atoms with van der Waals surface area (Å²) in [7, 11) is 0. The predicted molar refractivity (Wildman–Crippen MR) is 195 cm³/mol. The molecule has 1 aliphatic carbocycles. The fourth-order valence-corrected chi connectivity index (χ4v) is 5.27. The van der Waals surface area contributed by atoms with E-state index in [4.69, 9.17) is 30.4 Å². The zero-order chi connectivity index (χ0) is 35.8. The Morgan fingerprint density at radius 3 is 1.88 bits per heavy atom. The summed E-state index contributed by atoms with van der Waals surface area (Å²) >= 11 is 1.58. The van der Waals surface area contributed by atoms with E-state index < -0.39 is 0 Å². The summed E-state index contributed by atoms with van der Waals surface area (Å²) in [5, 5.41) is 8.85. The van der Waals surface area contributed by atoms with Gasteiger partial charge in [-0.2, -0.15) is 0 Å². The zero-order valence-corrected chi connectivity index (χ0v) is 34.3. The van der Waals surface area contributed by atoms with E-state index in [1.807, 2.05) is 38.1 Å². The summed E-state index contributed by atoms with van der Waals surface area (Å²) in [5.74, 6) is 3.69. The van der Waals surface area contributed by atoms with Crippen LogP contribution in [0.25, 0.3) is 0 Å². The van der Waals surface area contributed by atoms with Crippen molar-refractivity contribution in [3.05, 3.63) is 60.1 Å². The van der Waals surface area contributed by atoms with Gasteiger partial charge >= 0.3 is 0 Å². The van der Waals surface area contributed by atoms with Gasteiger partial charge < -0.3 is 58.1 Å². The summed E-state index contributed by atoms with van der Waals surface area (Å²) in [5.41, 5.74) is 13.3. The smallest absolute Gasteiger partial charge is 0.222 e. The number of carbonyl (C=O) groups is 2. The fraction of sp³-hybridized carbons (Fsp3) is 0.667. The van der Waals surface area contributed by atoms with E-state index in [2.05, 4.69) is 49.6 Å². The van der Waals surface area contributed by atoms with Crippen LogP contribution in [0.3, 0.4) is 0 Å². The van der Waals surface area contributed by atoms with E-state index in [0.29, 0.717) is 90.5 Å². The SMILES string of the molecule is C=C(N)N[C-](CS[CH2-])C1C(C)C1C.CCCCC(=O)NCCOCCOCCOCCOCCC(=O)NCc1ccc(C(C)(C)N)cc1.[Y]. The minimum absolute atomic E-state index is 0. The van der Waals surface area contributed by atoms with Crippen LogP contribution in [0.2, 0.25) is 0 Å². The molecule has 11 nitrogen and oxygen atoms in total. The van der Waals surface area contributed by atoms with Gasteiger partial charge in [-0.3, -0.25) is 15.8 Å². The molecule has 1 aromatic carbocycles. The molecule has 1 aliphatic rings. The largest absolute Gasteiger partial charge is 0.519 e. The third kappa shape index (κ3) is 23.8. The first-order valence-electron chi connectivity index (χ1n) is 17.1. The average Bonchev–Trinajstić information content (AvgIpc) is 3.64. The summed E-state index contributed by atoms with van der Waals surface area (Å²) in [6.07, 6.45) is 6.59. The van der Waals surface area contributed by atoms with Crippen LogP contribution in [0.4, 0.5) is 0 Å². The molecular weight excluding hydrogens is 719 g/mol. The number of nitrogens with one attached hydrogen (secondary N) is 3. The Morgan fingerprint density at radius 2 is 1.41 bits per heavy atom. The van der Waals surface area contributed by atoms with Gasteiger partial charge in [0.15, 0.2) is 0 Å². The van der Waals surface area contributed by atoms with Crippen LogP contribution >= 0.6 is 11.8 Å². The third-order valence-electron chi connectivity index (χ3n) is 7.91. The molecule has 0 saturated heterocycles. The zero-order valence-electron chi connectivity index (χ0n) is 30.7. The van der Waals surface area contributed by atoms with Crippen LogP contribution in [0.15, 0.2) is 36.7 Å². The third-order valence-corrected chi connectivity index (χ3v) is 8.42. The van der Waals surface area contributed by atoms with Crippen molar-refractivity contribution in [3.8, 4) is 0 Å². The Kier molecular flexibility index (Phi) is 27.6. The van der Waals surface area contributed by atoms with Gasteiger partial charge in [-0.1, -0.05) is 69.9 Å². The number of ether oxygens (including phenoxy) is 4. The number of hydrogen-bond acceptors (Lipinski definition) is 10. The molecule has 7 N–H and O–H groups in total. The van der Waals surface area contributed by atoms with Crippen molar-refractivity contribution >= 4 is 23.6 Å². The molecule has 0 heterocycles. The molecule has 0 bridgehead atoms. The van der Waals surface area contributed by atoms with Gasteiger partial charge in [-0.25, -0.2) is 6.04 Å². The van der Waals surface area contributed by atoms with E-state index in [1.165, 1.54) is 6.04 Å². The molecular formula is C36H63N5O6SY-2. The molecule has 2 rings (SSSR count). The summed E-state index contributed by atoms with van der Waals surface area (Å²) in [6.45, 7) is 18.8. The molecule has 2 atom stereocenters. The van der Waals surface area contributed by atoms with E-state index in [1.54, 1.807) is 11.8 Å². The molecule has 1 fully saturated rings. The second-order valence-electron chi connectivity index (χ2n) is 12.6. The van der Waals surface area contributed by atoms with Crippen LogP contribution in [0.5, 0.6) is 0 Å². The van der Waals surface area contributed by atoms with Gasteiger partial charge in [0.2, 0.25) is 11.8 Å². The van der Waals surface area contributed by atoms with Crippen molar-refractivity contribution in [2.45, 2.75) is 72.4 Å². The molecule has 2 unspecified atom stereocenters. The van der Waals surface area contributed by atoms with Crippen molar-refractivity contribution in [1.29, 1.82) is 0 Å². The van der Waals surface area contributed by atoms with Crippen LogP contribution in [-0.4, -0.2) is 77.0 Å². The van der Waals surface area contributed by atoms with Gasteiger partial charge in [0, 0.05) is 64.2 Å². The van der Waals surface area contributed by atoms with Crippen molar-refractivity contribution in [3.63, 3.8) is 0 Å².